The molecular formula is CH2N2O2. The molecule has 5 heavy (non-hydrogen) atoms. The summed E-state index contributed by atoms with van der Waals surface area (Å²) in [6.07, 6.45) is 0. The van der Waals surface area contributed by atoms with E-state index in [0.717, 1.165) is 0 Å². The Labute approximate surface area is 28.5 Å². The van der Waals surface area contributed by atoms with Gasteiger partial charge in [0.1, 0.15) is 0 Å². The van der Waals surface area contributed by atoms with Gasteiger partial charge in [0.15, 0.2) is 0 Å². The van der Waals surface area contributed by atoms with E-state index < -0.39 is 0 Å². The first kappa shape index (κ1) is 9.10. The van der Waals surface area contributed by atoms with Gasteiger partial charge in [-0.1, -0.05) is 0 Å². The molecule has 0 spiro atoms. The fraction of sp³-hybridized carbons (Fsp3) is 0. The number of carbonyl (C=O) groups is 1. The smallest absolute Gasteiger partial charge is 0.290 e. The minimum atomic E-state index is -0.250. The highest BCUT2D eigenvalue weighted by Crippen LogP contribution is 0.966. The van der Waals surface area contributed by atoms with Gasteiger partial charge in [-0.3, -0.25) is 4.79 Å². The largest absolute Gasteiger partial charge is 0.483 e. The van der Waals surface area contributed by atoms with Crippen molar-refractivity contribution in [2.45, 2.75) is 0 Å². The van der Waals surface area contributed by atoms with Gasteiger partial charge in [-0.25, -0.2) is 0 Å². The van der Waals surface area contributed by atoms with E-state index in [9.17, 15) is 0 Å². The average molecular weight is 74.0 g/mol. The van der Waals surface area contributed by atoms with E-state index in [4.69, 9.17) is 20.7 Å². The highest BCUT2D eigenvalue weighted by atomic mass is 16.3. The molecular weight excluding hydrogens is 72.0 g/mol. The normalized spacial score (nSPS) is 2.80. The zero-order valence-corrected chi connectivity index (χ0v) is 2.33. The maximum absolute atomic E-state index is 8.36. The van der Waals surface area contributed by atoms with Gasteiger partial charge >= 0.3 is 0 Å². The van der Waals surface area contributed by atoms with Crippen molar-refractivity contribution in [1.29, 1.82) is 10.8 Å². The number of carboxylic acid groups (broad SMARTS) is 1. The molecule has 0 radical (unpaired) electrons. The number of nitrogens with zero attached hydrogens (tertiary/aromatic N) is 2. The first-order chi connectivity index (χ1) is 2.41. The van der Waals surface area contributed by atoms with Crippen molar-refractivity contribution in [1.82, 2.24) is 0 Å². The molecule has 1 N–H and O–H groups in total. The van der Waals surface area contributed by atoms with Crippen molar-refractivity contribution in [2.24, 2.45) is 0 Å². The molecule has 0 aliphatic carbocycles. The Bertz CT molecular complexity index is 31.9. The van der Waals surface area contributed by atoms with Crippen molar-refractivity contribution in [3.05, 3.63) is 0 Å². The van der Waals surface area contributed by atoms with Gasteiger partial charge in [0.25, 0.3) is 6.47 Å². The second kappa shape index (κ2) is 853. The summed E-state index contributed by atoms with van der Waals surface area (Å²) >= 11 is 0. The molecule has 0 saturated carbocycles. The van der Waals surface area contributed by atoms with Crippen LogP contribution in [-0.2, 0) is 4.79 Å². The van der Waals surface area contributed by atoms with Crippen LogP contribution in [0.1, 0.15) is 0 Å². The predicted molar refractivity (Wildman–Crippen MR) is 12.1 cm³/mol. The summed E-state index contributed by atoms with van der Waals surface area (Å²) in [6.45, 7) is -0.250. The summed E-state index contributed by atoms with van der Waals surface area (Å²) in [6, 6.07) is 0. The van der Waals surface area contributed by atoms with Gasteiger partial charge in [0, 0.05) is 10.8 Å². The van der Waals surface area contributed by atoms with Crippen molar-refractivity contribution in [3.8, 4) is 0 Å². The van der Waals surface area contributed by atoms with Gasteiger partial charge in [-0.2, -0.15) is 0 Å². The second-order valence-corrected chi connectivity index (χ2v) is 0.105. The summed E-state index contributed by atoms with van der Waals surface area (Å²) in [5.41, 5.74) is 0. The average Bonchev–Trinajstić information content (AvgIpc) is 1.46. The van der Waals surface area contributed by atoms with Crippen LogP contribution in [0.2, 0.25) is 0 Å². The second-order valence-electron chi connectivity index (χ2n) is 0.105. The van der Waals surface area contributed by atoms with E-state index >= 15 is 0 Å². The Hall–Kier alpha value is -1.11. The molecule has 0 aromatic rings. The summed E-state index contributed by atoms with van der Waals surface area (Å²) in [5.74, 6) is 0. The van der Waals surface area contributed by atoms with E-state index in [-0.39, 0.29) is 6.47 Å². The van der Waals surface area contributed by atoms with Crippen molar-refractivity contribution >= 4 is 6.47 Å². The molecule has 28 valence electrons. The maximum Gasteiger partial charge on any atom is 0.290 e. The van der Waals surface area contributed by atoms with Crippen LogP contribution in [0.25, 0.3) is 0 Å². The van der Waals surface area contributed by atoms with Crippen LogP contribution in [0.15, 0.2) is 0 Å². The van der Waals surface area contributed by atoms with E-state index in [1.54, 1.807) is 0 Å². The third-order valence-corrected chi connectivity index (χ3v) is 0. The van der Waals surface area contributed by atoms with Crippen LogP contribution >= 0.6 is 0 Å². The van der Waals surface area contributed by atoms with Gasteiger partial charge in [0.05, 0.1) is 0 Å². The number of hydrogen-bond donors (Lipinski definition) is 1. The lowest BCUT2D eigenvalue weighted by molar-refractivity contribution is -0.122. The molecule has 0 unspecified atom stereocenters. The lowest BCUT2D eigenvalue weighted by Crippen LogP contribution is -1.49. The molecule has 0 fully saturated rings. The molecule has 0 atom stereocenters. The topological polar surface area (TPSA) is 84.9 Å². The molecule has 0 saturated heterocycles. The zero-order chi connectivity index (χ0) is 4.71. The van der Waals surface area contributed by atoms with Gasteiger partial charge in [0.2, 0.25) is 0 Å². The highest BCUT2D eigenvalue weighted by molar-refractivity contribution is 5.32. The highest BCUT2D eigenvalue weighted by Gasteiger charge is 1.22. The van der Waals surface area contributed by atoms with E-state index in [2.05, 4.69) is 0 Å². The molecule has 0 aliphatic heterocycles. The molecule has 0 heterocycles. The standard InChI is InChI=1S/CH2O2.N2/c2-1-3;1-2/h1H,(H,2,3);. The van der Waals surface area contributed by atoms with Crippen LogP contribution in [0.4, 0.5) is 0 Å². The monoisotopic (exact) mass is 74.0 g/mol. The Kier molecular flexibility index (Phi) is 1550. The lowest BCUT2D eigenvalue weighted by Gasteiger charge is -1.34. The van der Waals surface area contributed by atoms with Gasteiger partial charge in [-0.05, 0) is 0 Å². The summed E-state index contributed by atoms with van der Waals surface area (Å²) in [7, 11) is 0. The third kappa shape index (κ3) is 1.86. The number of hydrogen-bond acceptors (Lipinski definition) is 3. The van der Waals surface area contributed by atoms with E-state index in [1.165, 1.54) is 0 Å². The lowest BCUT2D eigenvalue weighted by atomic mass is 11.7. The Morgan fingerprint density at radius 2 is 1.60 bits per heavy atom. The maximum atomic E-state index is 8.36. The SMILES string of the molecule is N#N.O=CO. The first-order valence-electron chi connectivity index (χ1n) is 0.694. The van der Waals surface area contributed by atoms with Crippen LogP contribution in [-0.4, -0.2) is 11.6 Å². The Balaban J connectivity index is 0. The minimum Gasteiger partial charge on any atom is -0.483 e. The fourth-order valence-electron chi connectivity index (χ4n) is 0. The van der Waals surface area contributed by atoms with E-state index in [1.807, 2.05) is 0 Å². The van der Waals surface area contributed by atoms with Crippen LogP contribution in [0, 0.1) is 10.8 Å². The predicted octanol–water partition coefficient (Wildman–Crippen LogP) is -0.269. The van der Waals surface area contributed by atoms with Crippen molar-refractivity contribution < 1.29 is 9.90 Å². The van der Waals surface area contributed by atoms with Crippen LogP contribution < -0.4 is 0 Å². The Morgan fingerprint density at radius 3 is 1.60 bits per heavy atom. The van der Waals surface area contributed by atoms with Gasteiger partial charge in [-0.15, -0.1) is 0 Å². The molecule has 0 aliphatic rings. The molecule has 4 heteroatoms. The molecule has 0 amide bonds. The van der Waals surface area contributed by atoms with Crippen LogP contribution in [0.3, 0.4) is 0 Å². The molecule has 0 aromatic carbocycles. The molecule has 0 aromatic heterocycles. The molecule has 0 rings (SSSR count). The zero-order valence-electron chi connectivity index (χ0n) is 2.33. The van der Waals surface area contributed by atoms with Gasteiger partial charge < -0.3 is 5.11 Å². The quantitative estimate of drug-likeness (QED) is 0.316. The number of rotatable bonds is 0. The third-order valence-electron chi connectivity index (χ3n) is 0. The Morgan fingerprint density at radius 1 is 1.60 bits per heavy atom. The summed E-state index contributed by atoms with van der Waals surface area (Å²) in [4.78, 5) is 8.36. The van der Waals surface area contributed by atoms with E-state index in [0.29, 0.717) is 0 Å². The summed E-state index contributed by atoms with van der Waals surface area (Å²) < 4.78 is 0. The minimum absolute atomic E-state index is 0.250. The molecule has 0 bridgehead atoms. The summed E-state index contributed by atoms with van der Waals surface area (Å²) in [5, 5.41) is 18.9. The fourth-order valence-corrected chi connectivity index (χ4v) is 0. The van der Waals surface area contributed by atoms with Crippen LogP contribution in [0.5, 0.6) is 0 Å². The van der Waals surface area contributed by atoms with Crippen molar-refractivity contribution in [3.63, 3.8) is 0 Å². The molecule has 4 nitrogen and oxygen atoms in total. The first-order valence-corrected chi connectivity index (χ1v) is 0.694. The van der Waals surface area contributed by atoms with Crippen molar-refractivity contribution in [2.75, 3.05) is 0 Å².